The van der Waals surface area contributed by atoms with Gasteiger partial charge in [-0.2, -0.15) is 0 Å². The number of halogens is 1. The first-order valence-corrected chi connectivity index (χ1v) is 7.14. The molecule has 0 aromatic heterocycles. The Bertz CT molecular complexity index is 421. The van der Waals surface area contributed by atoms with E-state index in [9.17, 15) is 4.79 Å². The van der Waals surface area contributed by atoms with Crippen LogP contribution in [0.1, 0.15) is 30.6 Å². The van der Waals surface area contributed by atoms with Gasteiger partial charge in [0.15, 0.2) is 0 Å². The fourth-order valence-electron chi connectivity index (χ4n) is 1.53. The van der Waals surface area contributed by atoms with Gasteiger partial charge in [-0.25, -0.2) is 4.79 Å². The number of carboxylic acids is 1. The molecular weight excluding hydrogens is 310 g/mol. The lowest BCUT2D eigenvalue weighted by atomic mass is 10.1. The molecule has 0 atom stereocenters. The van der Waals surface area contributed by atoms with E-state index in [-0.39, 0.29) is 5.56 Å². The van der Waals surface area contributed by atoms with Crippen LogP contribution in [0, 0.1) is 5.92 Å². The third-order valence-electron chi connectivity index (χ3n) is 2.61. The average molecular weight is 330 g/mol. The van der Waals surface area contributed by atoms with Crippen LogP contribution in [-0.2, 0) is 4.74 Å². The third kappa shape index (κ3) is 6.07. The number of carboxylic acid groups (broad SMARTS) is 1. The number of carbonyl (C=O) groups is 1. The molecule has 106 valence electrons. The highest BCUT2D eigenvalue weighted by Gasteiger charge is 2.09. The van der Waals surface area contributed by atoms with Gasteiger partial charge in [-0.15, -0.1) is 0 Å². The maximum Gasteiger partial charge on any atom is 0.337 e. The number of rotatable bonds is 8. The van der Waals surface area contributed by atoms with Crippen LogP contribution in [0.25, 0.3) is 0 Å². The molecule has 2 N–H and O–H groups in total. The van der Waals surface area contributed by atoms with Gasteiger partial charge < -0.3 is 15.2 Å². The van der Waals surface area contributed by atoms with Crippen LogP contribution in [0.4, 0.5) is 5.69 Å². The zero-order valence-corrected chi connectivity index (χ0v) is 12.9. The van der Waals surface area contributed by atoms with E-state index in [1.165, 1.54) is 0 Å². The minimum Gasteiger partial charge on any atom is -0.478 e. The maximum atomic E-state index is 11.1. The van der Waals surface area contributed by atoms with Gasteiger partial charge in [0.1, 0.15) is 0 Å². The molecule has 4 nitrogen and oxygen atoms in total. The summed E-state index contributed by atoms with van der Waals surface area (Å²) in [6.07, 6.45) is 1.04. The zero-order valence-electron chi connectivity index (χ0n) is 11.3. The molecule has 0 aliphatic rings. The van der Waals surface area contributed by atoms with Gasteiger partial charge in [0.05, 0.1) is 12.2 Å². The molecule has 0 saturated carbocycles. The molecule has 1 aromatic rings. The van der Waals surface area contributed by atoms with Crippen molar-refractivity contribution in [3.63, 3.8) is 0 Å². The Labute approximate surface area is 122 Å². The predicted octanol–water partition coefficient (Wildman–Crippen LogP) is 3.62. The van der Waals surface area contributed by atoms with E-state index in [0.29, 0.717) is 24.8 Å². The van der Waals surface area contributed by atoms with Crippen molar-refractivity contribution in [3.8, 4) is 0 Å². The van der Waals surface area contributed by atoms with E-state index in [1.54, 1.807) is 18.2 Å². The average Bonchev–Trinajstić information content (AvgIpc) is 2.33. The second kappa shape index (κ2) is 8.17. The first-order valence-electron chi connectivity index (χ1n) is 6.35. The van der Waals surface area contributed by atoms with E-state index in [4.69, 9.17) is 9.84 Å². The normalized spacial score (nSPS) is 10.7. The standard InChI is InChI=1S/C14H20BrNO3/c1-10(2)5-7-19-8-6-16-13-9-11(15)3-4-12(13)14(17)18/h3-4,9-10,16H,5-8H2,1-2H3,(H,17,18). The number of hydrogen-bond donors (Lipinski definition) is 2. The van der Waals surface area contributed by atoms with Crippen molar-refractivity contribution in [3.05, 3.63) is 28.2 Å². The molecule has 19 heavy (non-hydrogen) atoms. The molecule has 5 heteroatoms. The molecule has 1 rings (SSSR count). The lowest BCUT2D eigenvalue weighted by molar-refractivity contribution is 0.0697. The number of hydrogen-bond acceptors (Lipinski definition) is 3. The van der Waals surface area contributed by atoms with E-state index in [2.05, 4.69) is 35.1 Å². The Balaban J connectivity index is 2.40. The van der Waals surface area contributed by atoms with Crippen molar-refractivity contribution in [2.24, 2.45) is 5.92 Å². The van der Waals surface area contributed by atoms with Gasteiger partial charge in [-0.1, -0.05) is 29.8 Å². The molecule has 1 aromatic carbocycles. The van der Waals surface area contributed by atoms with Crippen LogP contribution in [0.2, 0.25) is 0 Å². The Morgan fingerprint density at radius 3 is 2.79 bits per heavy atom. The van der Waals surface area contributed by atoms with Gasteiger partial charge in [-0.05, 0) is 30.5 Å². The monoisotopic (exact) mass is 329 g/mol. The van der Waals surface area contributed by atoms with Crippen molar-refractivity contribution < 1.29 is 14.6 Å². The van der Waals surface area contributed by atoms with E-state index >= 15 is 0 Å². The van der Waals surface area contributed by atoms with Crippen molar-refractivity contribution in [2.45, 2.75) is 20.3 Å². The second-order valence-corrected chi connectivity index (χ2v) is 5.63. The summed E-state index contributed by atoms with van der Waals surface area (Å²) >= 11 is 3.33. The van der Waals surface area contributed by atoms with Crippen LogP contribution >= 0.6 is 15.9 Å². The first kappa shape index (κ1) is 16.0. The molecule has 0 radical (unpaired) electrons. The minimum atomic E-state index is -0.935. The van der Waals surface area contributed by atoms with Crippen molar-refractivity contribution in [1.82, 2.24) is 0 Å². The van der Waals surface area contributed by atoms with Gasteiger partial charge >= 0.3 is 5.97 Å². The molecule has 0 spiro atoms. The summed E-state index contributed by atoms with van der Waals surface area (Å²) in [5, 5.41) is 12.2. The Morgan fingerprint density at radius 2 is 2.16 bits per heavy atom. The fraction of sp³-hybridized carbons (Fsp3) is 0.500. The van der Waals surface area contributed by atoms with Crippen molar-refractivity contribution in [1.29, 1.82) is 0 Å². The van der Waals surface area contributed by atoms with Crippen LogP contribution in [0.15, 0.2) is 22.7 Å². The quantitative estimate of drug-likeness (QED) is 0.715. The maximum absolute atomic E-state index is 11.1. The summed E-state index contributed by atoms with van der Waals surface area (Å²) in [5.74, 6) is -0.299. The number of benzene rings is 1. The topological polar surface area (TPSA) is 58.6 Å². The SMILES string of the molecule is CC(C)CCOCCNc1cc(Br)ccc1C(=O)O. The molecule has 0 aliphatic heterocycles. The predicted molar refractivity (Wildman–Crippen MR) is 79.9 cm³/mol. The summed E-state index contributed by atoms with van der Waals surface area (Å²) in [7, 11) is 0. The molecule has 0 saturated heterocycles. The Kier molecular flexibility index (Phi) is 6.87. The van der Waals surface area contributed by atoms with Crippen LogP contribution in [0.5, 0.6) is 0 Å². The lowest BCUT2D eigenvalue weighted by Gasteiger charge is -2.11. The largest absolute Gasteiger partial charge is 0.478 e. The number of anilines is 1. The van der Waals surface area contributed by atoms with Gasteiger partial charge in [-0.3, -0.25) is 0 Å². The summed E-state index contributed by atoms with van der Waals surface area (Å²) in [5.41, 5.74) is 0.875. The van der Waals surface area contributed by atoms with Gasteiger partial charge in [0, 0.05) is 23.3 Å². The number of ether oxygens (including phenoxy) is 1. The molecule has 0 bridgehead atoms. The molecule has 0 heterocycles. The highest BCUT2D eigenvalue weighted by atomic mass is 79.9. The molecule has 0 unspecified atom stereocenters. The minimum absolute atomic E-state index is 0.269. The van der Waals surface area contributed by atoms with Crippen LogP contribution in [-0.4, -0.2) is 30.8 Å². The summed E-state index contributed by atoms with van der Waals surface area (Å²) < 4.78 is 6.32. The second-order valence-electron chi connectivity index (χ2n) is 4.72. The molecule has 0 aliphatic carbocycles. The smallest absolute Gasteiger partial charge is 0.337 e. The highest BCUT2D eigenvalue weighted by molar-refractivity contribution is 9.10. The third-order valence-corrected chi connectivity index (χ3v) is 3.11. The van der Waals surface area contributed by atoms with E-state index in [0.717, 1.165) is 17.5 Å². The van der Waals surface area contributed by atoms with E-state index < -0.39 is 5.97 Å². The number of aromatic carboxylic acids is 1. The summed E-state index contributed by atoms with van der Waals surface area (Å²) in [6, 6.07) is 5.06. The summed E-state index contributed by atoms with van der Waals surface area (Å²) in [6.45, 7) is 6.21. The first-order chi connectivity index (χ1) is 9.00. The molecule has 0 fully saturated rings. The van der Waals surface area contributed by atoms with Crippen molar-refractivity contribution in [2.75, 3.05) is 25.1 Å². The molecular formula is C14H20BrNO3. The van der Waals surface area contributed by atoms with Gasteiger partial charge in [0.2, 0.25) is 0 Å². The highest BCUT2D eigenvalue weighted by Crippen LogP contribution is 2.21. The van der Waals surface area contributed by atoms with Crippen LogP contribution < -0.4 is 5.32 Å². The number of nitrogens with one attached hydrogen (secondary N) is 1. The Morgan fingerprint density at radius 1 is 1.42 bits per heavy atom. The van der Waals surface area contributed by atoms with Gasteiger partial charge in [0.25, 0.3) is 0 Å². The van der Waals surface area contributed by atoms with Crippen LogP contribution in [0.3, 0.4) is 0 Å². The fourth-order valence-corrected chi connectivity index (χ4v) is 1.89. The Hall–Kier alpha value is -1.07. The lowest BCUT2D eigenvalue weighted by Crippen LogP contribution is -2.13. The van der Waals surface area contributed by atoms with E-state index in [1.807, 2.05) is 0 Å². The molecule has 0 amide bonds. The van der Waals surface area contributed by atoms with Crippen molar-refractivity contribution >= 4 is 27.6 Å². The summed E-state index contributed by atoms with van der Waals surface area (Å²) in [4.78, 5) is 11.1. The zero-order chi connectivity index (χ0) is 14.3.